The van der Waals surface area contributed by atoms with Crippen LogP contribution in [0.1, 0.15) is 33.5 Å². The van der Waals surface area contributed by atoms with E-state index < -0.39 is 18.3 Å². The second kappa shape index (κ2) is 7.21. The van der Waals surface area contributed by atoms with Gasteiger partial charge >= 0.3 is 7.12 Å². The standard InChI is InChI=1S/C21H24BN3O2/c1-7-12-15(8-2)17-23-18(16-13-10-9-11-14-16)25-19(24-17)22-26-20(3,4)21(5,6)27-22/h7-14H,1-2H2,3-6H3/b15-12+. The van der Waals surface area contributed by atoms with Crippen molar-refractivity contribution in [2.75, 3.05) is 0 Å². The molecule has 0 unspecified atom stereocenters. The topological polar surface area (TPSA) is 57.1 Å². The molecule has 0 N–H and O–H groups in total. The molecule has 6 heteroatoms. The minimum Gasteiger partial charge on any atom is -0.397 e. The second-order valence-corrected chi connectivity index (χ2v) is 7.36. The molecule has 138 valence electrons. The third kappa shape index (κ3) is 3.77. The Kier molecular flexibility index (Phi) is 5.13. The lowest BCUT2D eigenvalue weighted by Crippen LogP contribution is -2.41. The van der Waals surface area contributed by atoms with Gasteiger partial charge in [-0.3, -0.25) is 0 Å². The molecular weight excluding hydrogens is 337 g/mol. The maximum absolute atomic E-state index is 6.13. The van der Waals surface area contributed by atoms with Crippen molar-refractivity contribution in [3.05, 3.63) is 67.5 Å². The molecule has 0 atom stereocenters. The zero-order valence-corrected chi connectivity index (χ0v) is 16.3. The fraction of sp³-hybridized carbons (Fsp3) is 0.286. The molecule has 0 radical (unpaired) electrons. The lowest BCUT2D eigenvalue weighted by Gasteiger charge is -2.32. The van der Waals surface area contributed by atoms with Crippen molar-refractivity contribution in [2.45, 2.75) is 38.9 Å². The van der Waals surface area contributed by atoms with Gasteiger partial charge in [-0.2, -0.15) is 0 Å². The molecule has 5 nitrogen and oxygen atoms in total. The summed E-state index contributed by atoms with van der Waals surface area (Å²) in [5, 5.41) is 0. The molecule has 1 fully saturated rings. The SMILES string of the molecule is C=C/C=C(\C=C)c1nc(B2OC(C)(C)C(C)(C)O2)nc(-c2ccccc2)n1. The maximum Gasteiger partial charge on any atom is 0.534 e. The van der Waals surface area contributed by atoms with Gasteiger partial charge < -0.3 is 9.31 Å². The Morgan fingerprint density at radius 1 is 0.963 bits per heavy atom. The fourth-order valence-corrected chi connectivity index (χ4v) is 2.65. The normalized spacial score (nSPS) is 18.4. The van der Waals surface area contributed by atoms with Crippen LogP contribution in [0.25, 0.3) is 17.0 Å². The van der Waals surface area contributed by atoms with Crippen LogP contribution in [0.3, 0.4) is 0 Å². The summed E-state index contributed by atoms with van der Waals surface area (Å²) in [6, 6.07) is 9.76. The van der Waals surface area contributed by atoms with Crippen molar-refractivity contribution in [1.29, 1.82) is 0 Å². The van der Waals surface area contributed by atoms with Crippen LogP contribution in [0.5, 0.6) is 0 Å². The summed E-state index contributed by atoms with van der Waals surface area (Å²) >= 11 is 0. The maximum atomic E-state index is 6.13. The summed E-state index contributed by atoms with van der Waals surface area (Å²) in [6.45, 7) is 15.6. The van der Waals surface area contributed by atoms with E-state index in [0.717, 1.165) is 11.1 Å². The summed E-state index contributed by atoms with van der Waals surface area (Å²) in [5.74, 6) is 1.06. The molecule has 3 rings (SSSR count). The Morgan fingerprint density at radius 2 is 1.59 bits per heavy atom. The third-order valence-electron chi connectivity index (χ3n) is 4.92. The molecule has 0 aliphatic carbocycles. The molecule has 1 aromatic carbocycles. The highest BCUT2D eigenvalue weighted by molar-refractivity contribution is 6.60. The highest BCUT2D eigenvalue weighted by atomic mass is 16.7. The Labute approximate surface area is 161 Å². The fourth-order valence-electron chi connectivity index (χ4n) is 2.65. The molecule has 1 aliphatic rings. The molecule has 0 amide bonds. The molecule has 0 bridgehead atoms. The lowest BCUT2D eigenvalue weighted by molar-refractivity contribution is 0.00578. The minimum absolute atomic E-state index is 0.439. The van der Waals surface area contributed by atoms with Crippen LogP contribution >= 0.6 is 0 Å². The summed E-state index contributed by atoms with van der Waals surface area (Å²) < 4.78 is 12.3. The van der Waals surface area contributed by atoms with E-state index in [-0.39, 0.29) is 0 Å². The van der Waals surface area contributed by atoms with Gasteiger partial charge in [0.2, 0.25) is 0 Å². The molecule has 2 heterocycles. The van der Waals surface area contributed by atoms with Gasteiger partial charge in [-0.15, -0.1) is 0 Å². The van der Waals surface area contributed by atoms with Crippen molar-refractivity contribution in [3.63, 3.8) is 0 Å². The first kappa shape index (κ1) is 19.2. The molecular formula is C21H24BN3O2. The number of hydrogen-bond donors (Lipinski definition) is 0. The van der Waals surface area contributed by atoms with Crippen molar-refractivity contribution in [1.82, 2.24) is 15.0 Å². The number of allylic oxidation sites excluding steroid dienone is 4. The number of nitrogens with zero attached hydrogens (tertiary/aromatic N) is 3. The van der Waals surface area contributed by atoms with Gasteiger partial charge in [0.1, 0.15) is 0 Å². The first-order valence-corrected chi connectivity index (χ1v) is 8.90. The summed E-state index contributed by atoms with van der Waals surface area (Å²) in [4.78, 5) is 13.9. The number of aromatic nitrogens is 3. The van der Waals surface area contributed by atoms with E-state index in [1.807, 2.05) is 64.1 Å². The van der Waals surface area contributed by atoms with Crippen molar-refractivity contribution in [2.24, 2.45) is 0 Å². The molecule has 2 aromatic rings. The zero-order valence-electron chi connectivity index (χ0n) is 16.3. The Bertz CT molecular complexity index is 876. The van der Waals surface area contributed by atoms with E-state index >= 15 is 0 Å². The van der Waals surface area contributed by atoms with Gasteiger partial charge in [0.15, 0.2) is 17.4 Å². The van der Waals surface area contributed by atoms with Gasteiger partial charge in [0.05, 0.1) is 11.2 Å². The van der Waals surface area contributed by atoms with Gasteiger partial charge in [0, 0.05) is 11.1 Å². The van der Waals surface area contributed by atoms with E-state index in [1.165, 1.54) is 0 Å². The van der Waals surface area contributed by atoms with Crippen LogP contribution in [0.2, 0.25) is 0 Å². The Morgan fingerprint density at radius 3 is 2.15 bits per heavy atom. The molecule has 1 aromatic heterocycles. The number of rotatable bonds is 5. The van der Waals surface area contributed by atoms with Gasteiger partial charge in [-0.05, 0) is 27.7 Å². The quantitative estimate of drug-likeness (QED) is 0.602. The largest absolute Gasteiger partial charge is 0.534 e. The Balaban J connectivity index is 2.13. The first-order chi connectivity index (χ1) is 12.8. The molecule has 1 saturated heterocycles. The number of hydrogen-bond acceptors (Lipinski definition) is 5. The highest BCUT2D eigenvalue weighted by Gasteiger charge is 2.53. The van der Waals surface area contributed by atoms with Crippen LogP contribution < -0.4 is 5.72 Å². The van der Waals surface area contributed by atoms with Gasteiger partial charge in [-0.1, -0.05) is 61.7 Å². The average Bonchev–Trinajstić information content (AvgIpc) is 2.87. The van der Waals surface area contributed by atoms with Crippen molar-refractivity contribution >= 4 is 18.4 Å². The number of benzene rings is 1. The van der Waals surface area contributed by atoms with Crippen molar-refractivity contribution < 1.29 is 9.31 Å². The molecule has 27 heavy (non-hydrogen) atoms. The van der Waals surface area contributed by atoms with Gasteiger partial charge in [-0.25, -0.2) is 15.0 Å². The van der Waals surface area contributed by atoms with E-state index in [0.29, 0.717) is 17.4 Å². The van der Waals surface area contributed by atoms with E-state index in [4.69, 9.17) is 9.31 Å². The van der Waals surface area contributed by atoms with E-state index in [1.54, 1.807) is 12.2 Å². The summed E-state index contributed by atoms with van der Waals surface area (Å²) in [6.07, 6.45) is 5.18. The van der Waals surface area contributed by atoms with Gasteiger partial charge in [0.25, 0.3) is 0 Å². The van der Waals surface area contributed by atoms with Crippen LogP contribution in [0, 0.1) is 0 Å². The highest BCUT2D eigenvalue weighted by Crippen LogP contribution is 2.36. The first-order valence-electron chi connectivity index (χ1n) is 8.90. The minimum atomic E-state index is -0.672. The lowest BCUT2D eigenvalue weighted by atomic mass is 9.89. The monoisotopic (exact) mass is 361 g/mol. The second-order valence-electron chi connectivity index (χ2n) is 7.36. The zero-order chi connectivity index (χ0) is 19.7. The predicted octanol–water partition coefficient (Wildman–Crippen LogP) is 3.59. The summed E-state index contributed by atoms with van der Waals surface area (Å²) in [5.41, 5.74) is 1.13. The molecule has 0 saturated carbocycles. The van der Waals surface area contributed by atoms with Crippen LogP contribution in [-0.4, -0.2) is 33.3 Å². The van der Waals surface area contributed by atoms with Crippen LogP contribution in [0.4, 0.5) is 0 Å². The smallest absolute Gasteiger partial charge is 0.397 e. The van der Waals surface area contributed by atoms with Crippen LogP contribution in [0.15, 0.2) is 61.7 Å². The molecule has 0 spiro atoms. The van der Waals surface area contributed by atoms with E-state index in [9.17, 15) is 0 Å². The summed E-state index contributed by atoms with van der Waals surface area (Å²) in [7, 11) is -0.672. The average molecular weight is 361 g/mol. The predicted molar refractivity (Wildman–Crippen MR) is 109 cm³/mol. The Hall–Kier alpha value is -2.57. The van der Waals surface area contributed by atoms with Crippen LogP contribution in [-0.2, 0) is 9.31 Å². The third-order valence-corrected chi connectivity index (χ3v) is 4.92. The van der Waals surface area contributed by atoms with E-state index in [2.05, 4.69) is 28.1 Å². The van der Waals surface area contributed by atoms with Crippen molar-refractivity contribution in [3.8, 4) is 11.4 Å². The molecule has 1 aliphatic heterocycles.